The average molecular weight is 368 g/mol. The lowest BCUT2D eigenvalue weighted by Gasteiger charge is -2.17. The van der Waals surface area contributed by atoms with Crippen molar-refractivity contribution in [1.29, 1.82) is 0 Å². The van der Waals surface area contributed by atoms with E-state index in [1.807, 2.05) is 43.3 Å². The average Bonchev–Trinajstić information content (AvgIpc) is 2.80. The van der Waals surface area contributed by atoms with Crippen LogP contribution < -0.4 is 5.32 Å². The normalized spacial score (nSPS) is 18.1. The first-order valence-corrected chi connectivity index (χ1v) is 8.19. The third-order valence-electron chi connectivity index (χ3n) is 3.71. The molecule has 1 aliphatic rings. The number of hydrogen-bond acceptors (Lipinski definition) is 3. The number of nitrogens with one attached hydrogen (secondary N) is 1. The summed E-state index contributed by atoms with van der Waals surface area (Å²) in [5, 5.41) is 2.90. The van der Waals surface area contributed by atoms with E-state index in [0.717, 1.165) is 16.6 Å². The summed E-state index contributed by atoms with van der Waals surface area (Å²) in [5.74, 6) is -0.207. The fourth-order valence-electron chi connectivity index (χ4n) is 2.50. The van der Waals surface area contributed by atoms with Crippen LogP contribution >= 0.6 is 15.9 Å². The first kappa shape index (κ1) is 17.0. The van der Waals surface area contributed by atoms with E-state index in [4.69, 9.17) is 0 Å². The molecule has 2 amide bonds. The molecule has 0 unspecified atom stereocenters. The van der Waals surface area contributed by atoms with Gasteiger partial charge in [-0.05, 0) is 31.8 Å². The molecule has 1 aliphatic heterocycles. The van der Waals surface area contributed by atoms with E-state index in [2.05, 4.69) is 21.2 Å². The van der Waals surface area contributed by atoms with E-state index in [-0.39, 0.29) is 17.7 Å². The SMILES string of the molecule is CN(C)CCNC(=O)[C@@H]1CC(=O)N(Cc2cccc(Br)c2)C1. The van der Waals surface area contributed by atoms with Crippen molar-refractivity contribution in [3.05, 3.63) is 34.3 Å². The number of rotatable bonds is 6. The number of likely N-dealkylation sites (N-methyl/N-ethyl adjacent to an activating group) is 1. The van der Waals surface area contributed by atoms with Crippen LogP contribution in [-0.4, -0.2) is 55.3 Å². The maximum absolute atomic E-state index is 12.1. The standard InChI is InChI=1S/C16H22BrN3O2/c1-19(2)7-6-18-16(22)13-9-15(21)20(11-13)10-12-4-3-5-14(17)8-12/h3-5,8,13H,6-7,9-11H2,1-2H3,(H,18,22)/t13-/m1/s1. The molecule has 1 heterocycles. The monoisotopic (exact) mass is 367 g/mol. The van der Waals surface area contributed by atoms with Crippen molar-refractivity contribution in [1.82, 2.24) is 15.1 Å². The zero-order valence-electron chi connectivity index (χ0n) is 13.0. The molecule has 120 valence electrons. The van der Waals surface area contributed by atoms with Gasteiger partial charge in [0.1, 0.15) is 0 Å². The molecule has 6 heteroatoms. The molecule has 0 spiro atoms. The van der Waals surface area contributed by atoms with Gasteiger partial charge < -0.3 is 15.1 Å². The molecule has 0 aromatic heterocycles. The highest BCUT2D eigenvalue weighted by atomic mass is 79.9. The third kappa shape index (κ3) is 4.81. The van der Waals surface area contributed by atoms with Gasteiger partial charge in [-0.15, -0.1) is 0 Å². The van der Waals surface area contributed by atoms with Gasteiger partial charge in [0.25, 0.3) is 0 Å². The second-order valence-corrected chi connectivity index (χ2v) is 6.82. The van der Waals surface area contributed by atoms with Crippen LogP contribution in [0.15, 0.2) is 28.7 Å². The zero-order valence-corrected chi connectivity index (χ0v) is 14.6. The molecule has 1 saturated heterocycles. The van der Waals surface area contributed by atoms with Gasteiger partial charge in [-0.25, -0.2) is 0 Å². The number of nitrogens with zero attached hydrogens (tertiary/aromatic N) is 2. The number of benzene rings is 1. The van der Waals surface area contributed by atoms with Gasteiger partial charge in [-0.1, -0.05) is 28.1 Å². The lowest BCUT2D eigenvalue weighted by atomic mass is 10.1. The maximum atomic E-state index is 12.1. The zero-order chi connectivity index (χ0) is 16.1. The van der Waals surface area contributed by atoms with Crippen molar-refractivity contribution in [3.8, 4) is 0 Å². The van der Waals surface area contributed by atoms with Gasteiger partial charge in [0.15, 0.2) is 0 Å². The maximum Gasteiger partial charge on any atom is 0.225 e. The molecular weight excluding hydrogens is 346 g/mol. The lowest BCUT2D eigenvalue weighted by molar-refractivity contribution is -0.129. The van der Waals surface area contributed by atoms with E-state index < -0.39 is 0 Å². The van der Waals surface area contributed by atoms with Crippen LogP contribution in [0, 0.1) is 5.92 Å². The Hall–Kier alpha value is -1.40. The lowest BCUT2D eigenvalue weighted by Crippen LogP contribution is -2.36. The molecule has 1 fully saturated rings. The number of carbonyl (C=O) groups is 2. The topological polar surface area (TPSA) is 52.7 Å². The Morgan fingerprint density at radius 3 is 2.91 bits per heavy atom. The van der Waals surface area contributed by atoms with Crippen LogP contribution in [0.3, 0.4) is 0 Å². The molecule has 1 aromatic carbocycles. The summed E-state index contributed by atoms with van der Waals surface area (Å²) < 4.78 is 0.995. The van der Waals surface area contributed by atoms with Gasteiger partial charge in [-0.3, -0.25) is 9.59 Å². The summed E-state index contributed by atoms with van der Waals surface area (Å²) in [4.78, 5) is 28.0. The van der Waals surface area contributed by atoms with Crippen LogP contribution in [-0.2, 0) is 16.1 Å². The molecule has 0 bridgehead atoms. The van der Waals surface area contributed by atoms with E-state index in [9.17, 15) is 9.59 Å². The number of carbonyl (C=O) groups excluding carboxylic acids is 2. The number of amides is 2. The van der Waals surface area contributed by atoms with Gasteiger partial charge in [0.2, 0.25) is 11.8 Å². The molecule has 1 atom stereocenters. The van der Waals surface area contributed by atoms with Gasteiger partial charge in [0, 0.05) is 37.1 Å². The van der Waals surface area contributed by atoms with Gasteiger partial charge >= 0.3 is 0 Å². The summed E-state index contributed by atoms with van der Waals surface area (Å²) in [6, 6.07) is 7.89. The van der Waals surface area contributed by atoms with Crippen LogP contribution in [0.5, 0.6) is 0 Å². The van der Waals surface area contributed by atoms with Crippen LogP contribution in [0.2, 0.25) is 0 Å². The minimum absolute atomic E-state index is 0.0213. The first-order valence-electron chi connectivity index (χ1n) is 7.40. The summed E-state index contributed by atoms with van der Waals surface area (Å²) in [6.07, 6.45) is 0.307. The molecule has 2 rings (SSSR count). The van der Waals surface area contributed by atoms with E-state index in [1.54, 1.807) is 4.90 Å². The van der Waals surface area contributed by atoms with Gasteiger partial charge in [0.05, 0.1) is 5.92 Å². The fourth-order valence-corrected chi connectivity index (χ4v) is 2.95. The molecular formula is C16H22BrN3O2. The number of halogens is 1. The molecule has 22 heavy (non-hydrogen) atoms. The van der Waals surface area contributed by atoms with Crippen molar-refractivity contribution < 1.29 is 9.59 Å². The first-order chi connectivity index (χ1) is 10.5. The number of hydrogen-bond donors (Lipinski definition) is 1. The highest BCUT2D eigenvalue weighted by molar-refractivity contribution is 9.10. The molecule has 0 saturated carbocycles. The molecule has 1 N–H and O–H groups in total. The Labute approximate surface area is 139 Å². The molecule has 0 radical (unpaired) electrons. The van der Waals surface area contributed by atoms with E-state index >= 15 is 0 Å². The van der Waals surface area contributed by atoms with Gasteiger partial charge in [-0.2, -0.15) is 0 Å². The molecule has 1 aromatic rings. The minimum Gasteiger partial charge on any atom is -0.355 e. The Morgan fingerprint density at radius 1 is 1.45 bits per heavy atom. The van der Waals surface area contributed by atoms with Crippen molar-refractivity contribution in [2.24, 2.45) is 5.92 Å². The van der Waals surface area contributed by atoms with Crippen LogP contribution in [0.4, 0.5) is 0 Å². The highest BCUT2D eigenvalue weighted by Crippen LogP contribution is 2.21. The van der Waals surface area contributed by atoms with Crippen LogP contribution in [0.1, 0.15) is 12.0 Å². The van der Waals surface area contributed by atoms with E-state index in [1.165, 1.54) is 0 Å². The third-order valence-corrected chi connectivity index (χ3v) is 4.20. The Morgan fingerprint density at radius 2 is 2.23 bits per heavy atom. The largest absolute Gasteiger partial charge is 0.355 e. The predicted octanol–water partition coefficient (Wildman–Crippen LogP) is 1.48. The minimum atomic E-state index is -0.234. The second-order valence-electron chi connectivity index (χ2n) is 5.90. The Bertz CT molecular complexity index is 548. The summed E-state index contributed by atoms with van der Waals surface area (Å²) >= 11 is 3.43. The van der Waals surface area contributed by atoms with E-state index in [0.29, 0.717) is 26.1 Å². The fraction of sp³-hybridized carbons (Fsp3) is 0.500. The summed E-state index contributed by atoms with van der Waals surface area (Å²) in [5.41, 5.74) is 1.07. The van der Waals surface area contributed by atoms with Crippen molar-refractivity contribution in [3.63, 3.8) is 0 Å². The smallest absolute Gasteiger partial charge is 0.225 e. The van der Waals surface area contributed by atoms with Crippen molar-refractivity contribution >= 4 is 27.7 Å². The number of likely N-dealkylation sites (tertiary alicyclic amines) is 1. The highest BCUT2D eigenvalue weighted by Gasteiger charge is 2.33. The van der Waals surface area contributed by atoms with Crippen LogP contribution in [0.25, 0.3) is 0 Å². The summed E-state index contributed by atoms with van der Waals surface area (Å²) in [6.45, 7) is 2.47. The summed E-state index contributed by atoms with van der Waals surface area (Å²) in [7, 11) is 3.93. The van der Waals surface area contributed by atoms with Crippen molar-refractivity contribution in [2.75, 3.05) is 33.7 Å². The Balaban J connectivity index is 1.86. The van der Waals surface area contributed by atoms with Crippen molar-refractivity contribution in [2.45, 2.75) is 13.0 Å². The second kappa shape index (κ2) is 7.74. The predicted molar refractivity (Wildman–Crippen MR) is 89.2 cm³/mol. The molecule has 0 aliphatic carbocycles. The quantitative estimate of drug-likeness (QED) is 0.828. The Kier molecular flexibility index (Phi) is 5.97. The molecule has 5 nitrogen and oxygen atoms in total.